The van der Waals surface area contributed by atoms with Crippen molar-refractivity contribution in [3.63, 3.8) is 0 Å². The van der Waals surface area contributed by atoms with Gasteiger partial charge in [-0.2, -0.15) is 0 Å². The van der Waals surface area contributed by atoms with Crippen LogP contribution in [-0.4, -0.2) is 21.6 Å². The molecule has 21 heavy (non-hydrogen) atoms. The Hall–Kier alpha value is -2.49. The van der Waals surface area contributed by atoms with Crippen LogP contribution >= 0.6 is 0 Å². The van der Waals surface area contributed by atoms with Crippen LogP contribution in [0.5, 0.6) is 0 Å². The maximum atomic E-state index is 12.6. The molecule has 106 valence electrons. The number of amides is 1. The lowest BCUT2D eigenvalue weighted by molar-refractivity contribution is -0.118. The fourth-order valence-electron chi connectivity index (χ4n) is 2.75. The van der Waals surface area contributed by atoms with E-state index in [1.807, 2.05) is 30.3 Å². The fourth-order valence-corrected chi connectivity index (χ4v) is 2.75. The predicted octanol–water partition coefficient (Wildman–Crippen LogP) is 2.76. The van der Waals surface area contributed by atoms with Crippen LogP contribution in [0.15, 0.2) is 48.7 Å². The minimum absolute atomic E-state index is 0.0480. The standard InChI is InChI=1S/C17H16N2O2/c1-12(20)10-15-16-14(8-5-9-18-16)17(21)19(15)11-13-6-3-2-4-7-13/h2-9,15H,10-11H2,1H3. The Morgan fingerprint density at radius 2 is 1.95 bits per heavy atom. The third-order valence-electron chi connectivity index (χ3n) is 3.70. The summed E-state index contributed by atoms with van der Waals surface area (Å²) in [5, 5.41) is 0. The number of hydrogen-bond donors (Lipinski definition) is 0. The number of Topliss-reactive ketones (excluding diaryl/α,β-unsaturated/α-hetero) is 1. The smallest absolute Gasteiger partial charge is 0.256 e. The zero-order valence-corrected chi connectivity index (χ0v) is 11.8. The number of ketones is 1. The highest BCUT2D eigenvalue weighted by Gasteiger charge is 2.38. The average Bonchev–Trinajstić information content (AvgIpc) is 2.74. The van der Waals surface area contributed by atoms with E-state index in [0.29, 0.717) is 24.2 Å². The van der Waals surface area contributed by atoms with E-state index in [-0.39, 0.29) is 17.7 Å². The average molecular weight is 280 g/mol. The third-order valence-corrected chi connectivity index (χ3v) is 3.70. The summed E-state index contributed by atoms with van der Waals surface area (Å²) in [5.41, 5.74) is 2.38. The normalized spacial score (nSPS) is 16.9. The molecule has 4 nitrogen and oxygen atoms in total. The van der Waals surface area contributed by atoms with Crippen molar-refractivity contribution < 1.29 is 9.59 Å². The molecule has 0 radical (unpaired) electrons. The molecule has 1 aliphatic heterocycles. The second-order valence-corrected chi connectivity index (χ2v) is 5.28. The predicted molar refractivity (Wildman–Crippen MR) is 78.6 cm³/mol. The highest BCUT2D eigenvalue weighted by molar-refractivity contribution is 5.99. The molecule has 0 aliphatic carbocycles. The van der Waals surface area contributed by atoms with Gasteiger partial charge in [0.1, 0.15) is 5.78 Å². The van der Waals surface area contributed by atoms with Gasteiger partial charge in [0.25, 0.3) is 5.91 Å². The first-order valence-electron chi connectivity index (χ1n) is 6.96. The molecule has 3 rings (SSSR count). The van der Waals surface area contributed by atoms with Gasteiger partial charge in [-0.15, -0.1) is 0 Å². The van der Waals surface area contributed by atoms with Crippen molar-refractivity contribution in [2.24, 2.45) is 0 Å². The van der Waals surface area contributed by atoms with Crippen molar-refractivity contribution in [2.75, 3.05) is 0 Å². The maximum Gasteiger partial charge on any atom is 0.256 e. The Morgan fingerprint density at radius 1 is 1.19 bits per heavy atom. The molecular formula is C17H16N2O2. The Labute approximate surface area is 123 Å². The molecule has 1 aromatic heterocycles. The number of carbonyl (C=O) groups excluding carboxylic acids is 2. The number of nitrogens with zero attached hydrogens (tertiary/aromatic N) is 2. The number of aromatic nitrogens is 1. The van der Waals surface area contributed by atoms with Crippen LogP contribution in [-0.2, 0) is 11.3 Å². The summed E-state index contributed by atoms with van der Waals surface area (Å²) in [7, 11) is 0. The Balaban J connectivity index is 1.95. The molecule has 0 bridgehead atoms. The van der Waals surface area contributed by atoms with E-state index in [0.717, 1.165) is 5.56 Å². The molecule has 4 heteroatoms. The number of rotatable bonds is 4. The van der Waals surface area contributed by atoms with Gasteiger partial charge in [-0.1, -0.05) is 30.3 Å². The van der Waals surface area contributed by atoms with Crippen LogP contribution in [0.3, 0.4) is 0 Å². The topological polar surface area (TPSA) is 50.3 Å². The van der Waals surface area contributed by atoms with Gasteiger partial charge in [-0.3, -0.25) is 14.6 Å². The lowest BCUT2D eigenvalue weighted by atomic mass is 10.1. The lowest BCUT2D eigenvalue weighted by Gasteiger charge is -2.24. The maximum absolute atomic E-state index is 12.6. The summed E-state index contributed by atoms with van der Waals surface area (Å²) < 4.78 is 0. The minimum Gasteiger partial charge on any atom is -0.325 e. The number of carbonyl (C=O) groups is 2. The molecule has 0 saturated heterocycles. The molecular weight excluding hydrogens is 264 g/mol. The zero-order chi connectivity index (χ0) is 14.8. The Morgan fingerprint density at radius 3 is 2.67 bits per heavy atom. The number of fused-ring (bicyclic) bond motifs is 1. The van der Waals surface area contributed by atoms with Gasteiger partial charge in [-0.25, -0.2) is 0 Å². The van der Waals surface area contributed by atoms with Crippen LogP contribution < -0.4 is 0 Å². The molecule has 1 aliphatic rings. The van der Waals surface area contributed by atoms with Crippen LogP contribution in [0.2, 0.25) is 0 Å². The first-order chi connectivity index (χ1) is 10.2. The molecule has 0 fully saturated rings. The molecule has 1 amide bonds. The van der Waals surface area contributed by atoms with Crippen molar-refractivity contribution in [1.29, 1.82) is 0 Å². The quantitative estimate of drug-likeness (QED) is 0.865. The van der Waals surface area contributed by atoms with Crippen LogP contribution in [0.25, 0.3) is 0 Å². The monoisotopic (exact) mass is 280 g/mol. The minimum atomic E-state index is -0.258. The molecule has 1 aromatic carbocycles. The molecule has 1 atom stereocenters. The van der Waals surface area contributed by atoms with Crippen molar-refractivity contribution >= 4 is 11.7 Å². The molecule has 0 spiro atoms. The van der Waals surface area contributed by atoms with Gasteiger partial charge in [0.05, 0.1) is 17.3 Å². The van der Waals surface area contributed by atoms with E-state index in [2.05, 4.69) is 4.98 Å². The van der Waals surface area contributed by atoms with E-state index in [9.17, 15) is 9.59 Å². The number of hydrogen-bond acceptors (Lipinski definition) is 3. The van der Waals surface area contributed by atoms with Crippen molar-refractivity contribution in [2.45, 2.75) is 25.9 Å². The number of pyridine rings is 1. The zero-order valence-electron chi connectivity index (χ0n) is 11.8. The van der Waals surface area contributed by atoms with Crippen LogP contribution in [0.4, 0.5) is 0 Å². The van der Waals surface area contributed by atoms with Crippen molar-refractivity contribution in [1.82, 2.24) is 9.88 Å². The fraction of sp³-hybridized carbons (Fsp3) is 0.235. The first kappa shape index (κ1) is 13.5. The van der Waals surface area contributed by atoms with Gasteiger partial charge in [0, 0.05) is 19.2 Å². The van der Waals surface area contributed by atoms with Crippen LogP contribution in [0, 0.1) is 0 Å². The first-order valence-corrected chi connectivity index (χ1v) is 6.96. The molecule has 2 heterocycles. The summed E-state index contributed by atoms with van der Waals surface area (Å²) in [4.78, 5) is 30.2. The van der Waals surface area contributed by atoms with E-state index in [1.165, 1.54) is 0 Å². The van der Waals surface area contributed by atoms with Gasteiger partial charge in [-0.05, 0) is 24.6 Å². The van der Waals surface area contributed by atoms with Gasteiger partial charge in [0.2, 0.25) is 0 Å². The largest absolute Gasteiger partial charge is 0.325 e. The molecule has 2 aromatic rings. The molecule has 1 unspecified atom stereocenters. The second kappa shape index (κ2) is 5.48. The van der Waals surface area contributed by atoms with E-state index >= 15 is 0 Å². The van der Waals surface area contributed by atoms with Gasteiger partial charge < -0.3 is 4.90 Å². The van der Waals surface area contributed by atoms with Gasteiger partial charge in [0.15, 0.2) is 0 Å². The van der Waals surface area contributed by atoms with Gasteiger partial charge >= 0.3 is 0 Å². The Kier molecular flexibility index (Phi) is 3.52. The third kappa shape index (κ3) is 2.57. The Bertz CT molecular complexity index is 682. The summed E-state index contributed by atoms with van der Waals surface area (Å²) in [6.45, 7) is 2.04. The van der Waals surface area contributed by atoms with E-state index in [1.54, 1.807) is 30.2 Å². The van der Waals surface area contributed by atoms with Crippen molar-refractivity contribution in [3.05, 3.63) is 65.5 Å². The second-order valence-electron chi connectivity index (χ2n) is 5.28. The summed E-state index contributed by atoms with van der Waals surface area (Å²) in [6.07, 6.45) is 1.98. The highest BCUT2D eigenvalue weighted by atomic mass is 16.2. The SMILES string of the molecule is CC(=O)CC1c2ncccc2C(=O)N1Cc1ccccc1. The lowest BCUT2D eigenvalue weighted by Crippen LogP contribution is -2.28. The summed E-state index contributed by atoms with van der Waals surface area (Å²) >= 11 is 0. The number of benzene rings is 1. The molecule has 0 N–H and O–H groups in total. The highest BCUT2D eigenvalue weighted by Crippen LogP contribution is 2.35. The van der Waals surface area contributed by atoms with E-state index < -0.39 is 0 Å². The summed E-state index contributed by atoms with van der Waals surface area (Å²) in [5.74, 6) is 0.0116. The summed E-state index contributed by atoms with van der Waals surface area (Å²) in [6, 6.07) is 13.1. The van der Waals surface area contributed by atoms with Crippen molar-refractivity contribution in [3.8, 4) is 0 Å². The van der Waals surface area contributed by atoms with Crippen LogP contribution in [0.1, 0.15) is 41.0 Å². The molecule has 0 saturated carbocycles. The van der Waals surface area contributed by atoms with E-state index in [4.69, 9.17) is 0 Å².